The van der Waals surface area contributed by atoms with Gasteiger partial charge in [-0.3, -0.25) is 9.69 Å². The first-order valence-corrected chi connectivity index (χ1v) is 12.0. The molecule has 170 valence electrons. The Bertz CT molecular complexity index is 1100. The minimum Gasteiger partial charge on any atom is -0.497 e. The van der Waals surface area contributed by atoms with Gasteiger partial charge in [-0.15, -0.1) is 11.3 Å². The fourth-order valence-corrected chi connectivity index (χ4v) is 5.46. The molecule has 2 heterocycles. The fourth-order valence-electron chi connectivity index (χ4n) is 4.18. The van der Waals surface area contributed by atoms with E-state index < -0.39 is 0 Å². The molecule has 1 amide bonds. The van der Waals surface area contributed by atoms with Gasteiger partial charge in [0.1, 0.15) is 11.5 Å². The highest BCUT2D eigenvalue weighted by atomic mass is 35.5. The van der Waals surface area contributed by atoms with E-state index in [1.807, 2.05) is 43.3 Å². The number of methoxy groups -OCH3 is 2. The summed E-state index contributed by atoms with van der Waals surface area (Å²) in [6.07, 6.45) is 2.00. The zero-order valence-electron chi connectivity index (χ0n) is 18.6. The zero-order valence-corrected chi connectivity index (χ0v) is 20.1. The summed E-state index contributed by atoms with van der Waals surface area (Å²) in [7, 11) is 3.26. The van der Waals surface area contributed by atoms with Gasteiger partial charge < -0.3 is 14.8 Å². The summed E-state index contributed by atoms with van der Waals surface area (Å²) >= 11 is 7.85. The lowest BCUT2D eigenvalue weighted by Gasteiger charge is -2.30. The third-order valence-corrected chi connectivity index (χ3v) is 7.39. The number of ether oxygens (including phenoxy) is 2. The molecule has 2 aromatic carbocycles. The van der Waals surface area contributed by atoms with Gasteiger partial charge in [-0.2, -0.15) is 0 Å². The number of thiazole rings is 1. The fraction of sp³-hybridized carbons (Fsp3) is 0.417. The maximum atomic E-state index is 12.7. The second kappa shape index (κ2) is 10.1. The molecule has 1 saturated heterocycles. The van der Waals surface area contributed by atoms with Crippen LogP contribution in [0.4, 0.5) is 0 Å². The van der Waals surface area contributed by atoms with Crippen LogP contribution in [0.1, 0.15) is 42.3 Å². The van der Waals surface area contributed by atoms with E-state index in [0.717, 1.165) is 53.5 Å². The molecule has 1 aliphatic heterocycles. The molecule has 8 heteroatoms. The third-order valence-electron chi connectivity index (χ3n) is 5.95. The second-order valence-electron chi connectivity index (χ2n) is 8.11. The van der Waals surface area contributed by atoms with E-state index in [0.29, 0.717) is 12.5 Å². The van der Waals surface area contributed by atoms with Crippen LogP contribution in [0.5, 0.6) is 11.5 Å². The Morgan fingerprint density at radius 1 is 1.22 bits per heavy atom. The smallest absolute Gasteiger partial charge is 0.234 e. The molecule has 0 bridgehead atoms. The number of hydrogen-bond donors (Lipinski definition) is 1. The van der Waals surface area contributed by atoms with E-state index in [2.05, 4.69) is 10.2 Å². The first-order valence-electron chi connectivity index (χ1n) is 10.8. The second-order valence-corrected chi connectivity index (χ2v) is 9.61. The van der Waals surface area contributed by atoms with E-state index in [1.165, 1.54) is 9.71 Å². The molecular formula is C24H28ClN3O3S. The molecule has 0 aliphatic carbocycles. The van der Waals surface area contributed by atoms with Crippen molar-refractivity contribution in [1.29, 1.82) is 0 Å². The van der Waals surface area contributed by atoms with Crippen LogP contribution in [0.3, 0.4) is 0 Å². The van der Waals surface area contributed by atoms with E-state index in [-0.39, 0.29) is 11.9 Å². The Kier molecular flexibility index (Phi) is 7.18. The van der Waals surface area contributed by atoms with Gasteiger partial charge in [0.25, 0.3) is 0 Å². The molecule has 3 aromatic rings. The summed E-state index contributed by atoms with van der Waals surface area (Å²) in [5.41, 5.74) is 1.87. The molecule has 32 heavy (non-hydrogen) atoms. The van der Waals surface area contributed by atoms with Crippen molar-refractivity contribution in [1.82, 2.24) is 15.2 Å². The lowest BCUT2D eigenvalue weighted by Crippen LogP contribution is -2.41. The molecule has 0 unspecified atom stereocenters. The SMILES string of the molecule is COc1ccc(OC)c([C@@H](C)NC(=O)CN2CCC(c3nc4cc(Cl)ccc4s3)CC2)c1. The molecule has 0 saturated carbocycles. The van der Waals surface area contributed by atoms with Crippen LogP contribution in [0, 0.1) is 0 Å². The highest BCUT2D eigenvalue weighted by Crippen LogP contribution is 2.35. The molecule has 1 aliphatic rings. The van der Waals surface area contributed by atoms with Crippen LogP contribution in [-0.2, 0) is 4.79 Å². The molecule has 0 spiro atoms. The first-order chi connectivity index (χ1) is 15.5. The van der Waals surface area contributed by atoms with Gasteiger partial charge in [-0.25, -0.2) is 4.98 Å². The van der Waals surface area contributed by atoms with Crippen LogP contribution >= 0.6 is 22.9 Å². The Hall–Kier alpha value is -2.35. The van der Waals surface area contributed by atoms with Crippen molar-refractivity contribution >= 4 is 39.1 Å². The van der Waals surface area contributed by atoms with E-state index in [9.17, 15) is 4.79 Å². The largest absolute Gasteiger partial charge is 0.497 e. The summed E-state index contributed by atoms with van der Waals surface area (Å²) < 4.78 is 11.9. The van der Waals surface area contributed by atoms with Crippen LogP contribution in [0.2, 0.25) is 5.02 Å². The lowest BCUT2D eigenvalue weighted by atomic mass is 9.97. The van der Waals surface area contributed by atoms with Gasteiger partial charge in [0.05, 0.1) is 42.0 Å². The number of aromatic nitrogens is 1. The van der Waals surface area contributed by atoms with E-state index in [1.54, 1.807) is 25.6 Å². The highest BCUT2D eigenvalue weighted by Gasteiger charge is 2.25. The quantitative estimate of drug-likeness (QED) is 0.521. The van der Waals surface area contributed by atoms with Gasteiger partial charge in [-0.05, 0) is 69.3 Å². The topological polar surface area (TPSA) is 63.7 Å². The molecular weight excluding hydrogens is 446 g/mol. The third kappa shape index (κ3) is 5.17. The Labute approximate surface area is 197 Å². The van der Waals surface area contributed by atoms with Crippen LogP contribution < -0.4 is 14.8 Å². The molecule has 4 rings (SSSR count). The number of carbonyl (C=O) groups is 1. The van der Waals surface area contributed by atoms with Crippen molar-refractivity contribution in [2.45, 2.75) is 31.7 Å². The van der Waals surface area contributed by atoms with Crippen LogP contribution in [-0.4, -0.2) is 49.6 Å². The molecule has 1 atom stereocenters. The Morgan fingerprint density at radius 3 is 2.72 bits per heavy atom. The molecule has 0 radical (unpaired) electrons. The molecule has 1 N–H and O–H groups in total. The highest BCUT2D eigenvalue weighted by molar-refractivity contribution is 7.18. The Balaban J connectivity index is 1.31. The summed E-state index contributed by atoms with van der Waals surface area (Å²) in [6, 6.07) is 11.3. The van der Waals surface area contributed by atoms with E-state index in [4.69, 9.17) is 26.1 Å². The summed E-state index contributed by atoms with van der Waals surface area (Å²) in [4.78, 5) is 19.7. The van der Waals surface area contributed by atoms with Gasteiger partial charge in [-0.1, -0.05) is 11.6 Å². The first kappa shape index (κ1) is 22.8. The van der Waals surface area contributed by atoms with Crippen molar-refractivity contribution in [3.8, 4) is 11.5 Å². The molecule has 1 fully saturated rings. The number of rotatable bonds is 7. The van der Waals surface area contributed by atoms with Gasteiger partial charge in [0.15, 0.2) is 0 Å². The number of nitrogens with one attached hydrogen (secondary N) is 1. The predicted molar refractivity (Wildman–Crippen MR) is 129 cm³/mol. The number of amides is 1. The Morgan fingerprint density at radius 2 is 2.00 bits per heavy atom. The minimum atomic E-state index is -0.181. The number of carbonyl (C=O) groups excluding carboxylic acids is 1. The standard InChI is InChI=1S/C24H28ClN3O3S/c1-15(19-13-18(30-2)5-6-21(19)31-3)26-23(29)14-28-10-8-16(9-11-28)24-27-20-12-17(25)4-7-22(20)32-24/h4-7,12-13,15-16H,8-11,14H2,1-3H3,(H,26,29)/t15-/m1/s1. The normalized spacial score (nSPS) is 16.1. The number of hydrogen-bond acceptors (Lipinski definition) is 6. The number of fused-ring (bicyclic) bond motifs is 1. The van der Waals surface area contributed by atoms with Gasteiger partial charge in [0, 0.05) is 16.5 Å². The molecule has 1 aromatic heterocycles. The van der Waals surface area contributed by atoms with Crippen LogP contribution in [0.25, 0.3) is 10.2 Å². The van der Waals surface area contributed by atoms with Crippen molar-refractivity contribution in [3.05, 3.63) is 52.0 Å². The van der Waals surface area contributed by atoms with Crippen molar-refractivity contribution < 1.29 is 14.3 Å². The predicted octanol–water partition coefficient (Wildman–Crippen LogP) is 5.02. The monoisotopic (exact) mass is 473 g/mol. The number of benzene rings is 2. The maximum absolute atomic E-state index is 12.7. The number of piperidine rings is 1. The number of nitrogens with zero attached hydrogens (tertiary/aromatic N) is 2. The van der Waals surface area contributed by atoms with Crippen LogP contribution in [0.15, 0.2) is 36.4 Å². The van der Waals surface area contributed by atoms with Gasteiger partial charge >= 0.3 is 0 Å². The average Bonchev–Trinajstić information content (AvgIpc) is 3.22. The van der Waals surface area contributed by atoms with Gasteiger partial charge in [0.2, 0.25) is 5.91 Å². The zero-order chi connectivity index (χ0) is 22.7. The molecule has 6 nitrogen and oxygen atoms in total. The minimum absolute atomic E-state index is 0.00968. The van der Waals surface area contributed by atoms with Crippen molar-refractivity contribution in [2.75, 3.05) is 33.9 Å². The lowest BCUT2D eigenvalue weighted by molar-refractivity contribution is -0.123. The summed E-state index contributed by atoms with van der Waals surface area (Å²) in [5, 5.41) is 4.99. The average molecular weight is 474 g/mol. The van der Waals surface area contributed by atoms with Crippen molar-refractivity contribution in [3.63, 3.8) is 0 Å². The van der Waals surface area contributed by atoms with Crippen molar-refractivity contribution in [2.24, 2.45) is 0 Å². The number of likely N-dealkylation sites (tertiary alicyclic amines) is 1. The number of halogens is 1. The van der Waals surface area contributed by atoms with E-state index >= 15 is 0 Å². The summed E-state index contributed by atoms with van der Waals surface area (Å²) in [6.45, 7) is 4.11. The summed E-state index contributed by atoms with van der Waals surface area (Å²) in [5.74, 6) is 1.92. The maximum Gasteiger partial charge on any atom is 0.234 e.